The highest BCUT2D eigenvalue weighted by Gasteiger charge is 2.31. The number of benzene rings is 4. The number of Topliss-reactive ketones (excluding diaryl/α,β-unsaturated/α-hetero) is 2. The molecule has 0 saturated heterocycles. The summed E-state index contributed by atoms with van der Waals surface area (Å²) in [5.41, 5.74) is 2.71. The average molecular weight is 653 g/mol. The van der Waals surface area contributed by atoms with Crippen LogP contribution in [0.25, 0.3) is 33.9 Å². The van der Waals surface area contributed by atoms with Gasteiger partial charge in [-0.15, -0.1) is 0 Å². The molecule has 4 aromatic carbocycles. The van der Waals surface area contributed by atoms with E-state index in [1.54, 1.807) is 66.7 Å². The zero-order chi connectivity index (χ0) is 33.7. The molecule has 0 fully saturated rings. The molecule has 10 heteroatoms. The van der Waals surface area contributed by atoms with Crippen LogP contribution in [0.5, 0.6) is 17.2 Å². The normalized spacial score (nSPS) is 11.3. The summed E-state index contributed by atoms with van der Waals surface area (Å²) in [6.45, 7) is 7.50. The lowest BCUT2D eigenvalue weighted by Crippen LogP contribution is -2.16. The molecule has 1 heterocycles. The number of nitrogens with zero attached hydrogens (tertiary/aromatic N) is 2. The van der Waals surface area contributed by atoms with Gasteiger partial charge in [-0.25, -0.2) is 17.4 Å². The molecule has 0 aliphatic rings. The summed E-state index contributed by atoms with van der Waals surface area (Å²) >= 11 is 0. The third-order valence-corrected chi connectivity index (χ3v) is 9.11. The van der Waals surface area contributed by atoms with Crippen LogP contribution in [0.4, 0.5) is 0 Å². The van der Waals surface area contributed by atoms with E-state index in [9.17, 15) is 23.1 Å². The number of phenols is 1. The first kappa shape index (κ1) is 33.2. The standard InChI is InChI=1S/C37H36N2O7S/c1-5-45-31-16-12-26(13-17-31)34-35(27-14-18-32(19-15-27)46-6-2)39(47(43,44)33-10-8-7-9-11-33)37(38-34)30-22-28(20-24(3)40)36(42)29(23-30)21-25(4)41/h7-19,22-23,42H,5-6,20-21H2,1-4H3. The van der Waals surface area contributed by atoms with Crippen LogP contribution in [-0.2, 0) is 32.5 Å². The van der Waals surface area contributed by atoms with Gasteiger partial charge in [0.15, 0.2) is 5.82 Å². The van der Waals surface area contributed by atoms with Crippen LogP contribution in [0.3, 0.4) is 0 Å². The third-order valence-electron chi connectivity index (χ3n) is 7.40. The number of rotatable bonds is 13. The summed E-state index contributed by atoms with van der Waals surface area (Å²) in [5, 5.41) is 11.0. The topological polar surface area (TPSA) is 125 Å². The minimum absolute atomic E-state index is 0.0378. The fraction of sp³-hybridized carbons (Fsp3) is 0.216. The lowest BCUT2D eigenvalue weighted by Gasteiger charge is -2.16. The Morgan fingerprint density at radius 1 is 0.723 bits per heavy atom. The molecule has 0 amide bonds. The number of phenolic OH excluding ortho intramolecular Hbond substituents is 1. The summed E-state index contributed by atoms with van der Waals surface area (Å²) in [6, 6.07) is 25.5. The van der Waals surface area contributed by atoms with Gasteiger partial charge in [0.1, 0.15) is 28.8 Å². The van der Waals surface area contributed by atoms with Crippen LogP contribution >= 0.6 is 0 Å². The Morgan fingerprint density at radius 2 is 1.21 bits per heavy atom. The van der Waals surface area contributed by atoms with Crippen molar-refractivity contribution in [2.75, 3.05) is 13.2 Å². The molecule has 0 aliphatic heterocycles. The van der Waals surface area contributed by atoms with Crippen LogP contribution in [0.15, 0.2) is 95.9 Å². The second kappa shape index (κ2) is 14.0. The number of carbonyl (C=O) groups excluding carboxylic acids is 2. The molecule has 0 bridgehead atoms. The molecule has 0 atom stereocenters. The highest BCUT2D eigenvalue weighted by atomic mass is 32.2. The van der Waals surface area contributed by atoms with Crippen molar-refractivity contribution in [2.24, 2.45) is 0 Å². The van der Waals surface area contributed by atoms with E-state index < -0.39 is 10.0 Å². The monoisotopic (exact) mass is 652 g/mol. The van der Waals surface area contributed by atoms with Crippen LogP contribution < -0.4 is 9.47 Å². The minimum Gasteiger partial charge on any atom is -0.507 e. The van der Waals surface area contributed by atoms with Crippen molar-refractivity contribution in [1.82, 2.24) is 8.96 Å². The van der Waals surface area contributed by atoms with E-state index in [0.29, 0.717) is 52.8 Å². The highest BCUT2D eigenvalue weighted by molar-refractivity contribution is 7.90. The molecule has 5 aromatic rings. The number of hydrogen-bond acceptors (Lipinski definition) is 8. The first-order chi connectivity index (χ1) is 22.5. The summed E-state index contributed by atoms with van der Waals surface area (Å²) in [7, 11) is -4.30. The molecular formula is C37H36N2O7S. The van der Waals surface area contributed by atoms with Crippen molar-refractivity contribution in [3.63, 3.8) is 0 Å². The Kier molecular flexibility index (Phi) is 9.91. The quantitative estimate of drug-likeness (QED) is 0.146. The predicted octanol–water partition coefficient (Wildman–Crippen LogP) is 6.89. The number of carbonyl (C=O) groups is 2. The molecule has 0 saturated carbocycles. The maximum absolute atomic E-state index is 14.7. The number of imidazole rings is 1. The molecule has 9 nitrogen and oxygen atoms in total. The molecule has 0 radical (unpaired) electrons. The summed E-state index contributed by atoms with van der Waals surface area (Å²) in [6.07, 6.45) is -0.234. The molecule has 5 rings (SSSR count). The van der Waals surface area contributed by atoms with Crippen molar-refractivity contribution >= 4 is 21.6 Å². The summed E-state index contributed by atoms with van der Waals surface area (Å²) < 4.78 is 41.9. The van der Waals surface area contributed by atoms with Gasteiger partial charge in [0.2, 0.25) is 0 Å². The van der Waals surface area contributed by atoms with E-state index >= 15 is 0 Å². The molecule has 242 valence electrons. The summed E-state index contributed by atoms with van der Waals surface area (Å²) in [4.78, 5) is 29.5. The lowest BCUT2D eigenvalue weighted by atomic mass is 9.97. The van der Waals surface area contributed by atoms with E-state index in [-0.39, 0.29) is 52.0 Å². The molecule has 0 aliphatic carbocycles. The van der Waals surface area contributed by atoms with Crippen molar-refractivity contribution in [3.8, 4) is 51.2 Å². The highest BCUT2D eigenvalue weighted by Crippen LogP contribution is 2.41. The maximum atomic E-state index is 14.7. The van der Waals surface area contributed by atoms with Crippen molar-refractivity contribution in [3.05, 3.63) is 102 Å². The molecule has 0 spiro atoms. The van der Waals surface area contributed by atoms with E-state index in [0.717, 1.165) is 0 Å². The third kappa shape index (κ3) is 7.12. The Morgan fingerprint density at radius 3 is 1.68 bits per heavy atom. The first-order valence-electron chi connectivity index (χ1n) is 15.3. The second-order valence-electron chi connectivity index (χ2n) is 11.0. The van der Waals surface area contributed by atoms with Gasteiger partial charge in [0.25, 0.3) is 10.0 Å². The number of aromatic nitrogens is 2. The van der Waals surface area contributed by atoms with Crippen LogP contribution in [-0.4, -0.2) is 47.3 Å². The number of aromatic hydroxyl groups is 1. The van der Waals surface area contributed by atoms with Gasteiger partial charge in [-0.05, 0) is 100 Å². The Labute approximate surface area is 274 Å². The largest absolute Gasteiger partial charge is 0.507 e. The Balaban J connectivity index is 1.90. The fourth-order valence-electron chi connectivity index (χ4n) is 5.42. The molecule has 47 heavy (non-hydrogen) atoms. The lowest BCUT2D eigenvalue weighted by molar-refractivity contribution is -0.117. The molecule has 0 unspecified atom stereocenters. The average Bonchev–Trinajstić information content (AvgIpc) is 3.46. The van der Waals surface area contributed by atoms with Gasteiger partial charge in [-0.3, -0.25) is 9.59 Å². The van der Waals surface area contributed by atoms with Crippen LogP contribution in [0, 0.1) is 0 Å². The predicted molar refractivity (Wildman–Crippen MR) is 180 cm³/mol. The molecule has 1 N–H and O–H groups in total. The zero-order valence-electron chi connectivity index (χ0n) is 26.7. The smallest absolute Gasteiger partial charge is 0.270 e. The van der Waals surface area contributed by atoms with Gasteiger partial charge in [0.05, 0.1) is 29.5 Å². The van der Waals surface area contributed by atoms with Crippen molar-refractivity contribution in [2.45, 2.75) is 45.4 Å². The molecular weight excluding hydrogens is 616 g/mol. The van der Waals surface area contributed by atoms with E-state index in [4.69, 9.17) is 14.5 Å². The Bertz CT molecular complexity index is 1980. The number of hydrogen-bond donors (Lipinski definition) is 1. The Hall–Kier alpha value is -5.22. The molecule has 1 aromatic heterocycles. The van der Waals surface area contributed by atoms with Gasteiger partial charge in [0, 0.05) is 40.7 Å². The SMILES string of the molecule is CCOc1ccc(-c2nc(-c3cc(CC(C)=O)c(O)c(CC(C)=O)c3)n(S(=O)(=O)c3ccccc3)c2-c2ccc(OCC)cc2)cc1. The van der Waals surface area contributed by atoms with E-state index in [1.165, 1.54) is 30.0 Å². The zero-order valence-corrected chi connectivity index (χ0v) is 27.5. The van der Waals surface area contributed by atoms with Crippen LogP contribution in [0.2, 0.25) is 0 Å². The fourth-order valence-corrected chi connectivity index (χ4v) is 6.94. The maximum Gasteiger partial charge on any atom is 0.270 e. The van der Waals surface area contributed by atoms with Gasteiger partial charge in [-0.2, -0.15) is 0 Å². The van der Waals surface area contributed by atoms with Crippen molar-refractivity contribution < 1.29 is 32.6 Å². The minimum atomic E-state index is -4.30. The van der Waals surface area contributed by atoms with E-state index in [1.807, 2.05) is 26.0 Å². The first-order valence-corrected chi connectivity index (χ1v) is 16.7. The van der Waals surface area contributed by atoms with Gasteiger partial charge < -0.3 is 14.6 Å². The van der Waals surface area contributed by atoms with Crippen LogP contribution in [0.1, 0.15) is 38.8 Å². The van der Waals surface area contributed by atoms with Gasteiger partial charge >= 0.3 is 0 Å². The van der Waals surface area contributed by atoms with E-state index in [2.05, 4.69) is 0 Å². The number of ether oxygens (including phenoxy) is 2. The van der Waals surface area contributed by atoms with Crippen molar-refractivity contribution in [1.29, 1.82) is 0 Å². The van der Waals surface area contributed by atoms with Gasteiger partial charge in [-0.1, -0.05) is 18.2 Å². The second-order valence-corrected chi connectivity index (χ2v) is 12.8. The summed E-state index contributed by atoms with van der Waals surface area (Å²) in [5.74, 6) is 0.722. The number of ketones is 2.